The number of carbonyl (C=O) groups is 1. The summed E-state index contributed by atoms with van der Waals surface area (Å²) in [7, 11) is 0. The largest absolute Gasteiger partial charge is 0.459 e. The zero-order chi connectivity index (χ0) is 15.5. The van der Waals surface area contributed by atoms with Gasteiger partial charge in [0.1, 0.15) is 0 Å². The van der Waals surface area contributed by atoms with E-state index in [0.717, 1.165) is 12.1 Å². The van der Waals surface area contributed by atoms with E-state index >= 15 is 0 Å². The molecule has 3 rings (SSSR count). The predicted molar refractivity (Wildman–Crippen MR) is 68.9 cm³/mol. The minimum Gasteiger partial charge on any atom is -0.459 e. The normalized spacial score (nSPS) is 10.6. The van der Waals surface area contributed by atoms with Gasteiger partial charge in [-0.15, -0.1) is 5.10 Å². The van der Waals surface area contributed by atoms with Gasteiger partial charge in [-0.3, -0.25) is 4.79 Å². The standard InChI is InChI=1S/C13H9F2N5O2/c14-9-4-3-8(6-10(9)15)20-12(17-18-19-20)7-16-13(21)11-2-1-5-22-11/h1-6H,7H2,(H,16,21). The van der Waals surface area contributed by atoms with E-state index in [0.29, 0.717) is 0 Å². The summed E-state index contributed by atoms with van der Waals surface area (Å²) in [6, 6.07) is 6.35. The molecule has 3 aromatic rings. The molecular formula is C13H9F2N5O2. The van der Waals surface area contributed by atoms with Crippen LogP contribution in [0.25, 0.3) is 5.69 Å². The van der Waals surface area contributed by atoms with Gasteiger partial charge in [0, 0.05) is 6.07 Å². The van der Waals surface area contributed by atoms with E-state index < -0.39 is 17.5 Å². The fourth-order valence-corrected chi connectivity index (χ4v) is 1.79. The second-order valence-electron chi connectivity index (χ2n) is 4.27. The van der Waals surface area contributed by atoms with Crippen LogP contribution < -0.4 is 5.32 Å². The first kappa shape index (κ1) is 13.9. The van der Waals surface area contributed by atoms with Crippen LogP contribution in [-0.2, 0) is 6.54 Å². The summed E-state index contributed by atoms with van der Waals surface area (Å²) in [6.07, 6.45) is 1.38. The fraction of sp³-hybridized carbons (Fsp3) is 0.0769. The van der Waals surface area contributed by atoms with E-state index in [1.165, 1.54) is 23.1 Å². The molecular weight excluding hydrogens is 296 g/mol. The molecule has 0 aliphatic rings. The minimum absolute atomic E-state index is 0.00840. The smallest absolute Gasteiger partial charge is 0.287 e. The number of carbonyl (C=O) groups excluding carboxylic acids is 1. The maximum Gasteiger partial charge on any atom is 0.287 e. The second-order valence-corrected chi connectivity index (χ2v) is 4.27. The molecule has 9 heteroatoms. The molecule has 0 unspecified atom stereocenters. The van der Waals surface area contributed by atoms with Crippen molar-refractivity contribution in [2.75, 3.05) is 0 Å². The highest BCUT2D eigenvalue weighted by atomic mass is 19.2. The van der Waals surface area contributed by atoms with Crippen molar-refractivity contribution in [2.45, 2.75) is 6.54 Å². The highest BCUT2D eigenvalue weighted by Gasteiger charge is 2.13. The molecule has 112 valence electrons. The summed E-state index contributed by atoms with van der Waals surface area (Å²) >= 11 is 0. The van der Waals surface area contributed by atoms with Crippen LogP contribution in [0.4, 0.5) is 8.78 Å². The topological polar surface area (TPSA) is 85.8 Å². The highest BCUT2D eigenvalue weighted by Crippen LogP contribution is 2.13. The Morgan fingerprint density at radius 2 is 2.14 bits per heavy atom. The van der Waals surface area contributed by atoms with Crippen molar-refractivity contribution in [3.63, 3.8) is 0 Å². The molecule has 0 aliphatic heterocycles. The van der Waals surface area contributed by atoms with Crippen LogP contribution in [0.2, 0.25) is 0 Å². The predicted octanol–water partition coefficient (Wildman–Crippen LogP) is 1.46. The van der Waals surface area contributed by atoms with Crippen molar-refractivity contribution in [3.05, 3.63) is 59.8 Å². The molecule has 0 bridgehead atoms. The third-order valence-corrected chi connectivity index (χ3v) is 2.83. The van der Waals surface area contributed by atoms with Gasteiger partial charge < -0.3 is 9.73 Å². The number of rotatable bonds is 4. The monoisotopic (exact) mass is 305 g/mol. The number of hydrogen-bond acceptors (Lipinski definition) is 5. The molecule has 0 radical (unpaired) electrons. The Morgan fingerprint density at radius 1 is 1.27 bits per heavy atom. The van der Waals surface area contributed by atoms with Gasteiger partial charge in [-0.1, -0.05) is 0 Å². The van der Waals surface area contributed by atoms with Crippen molar-refractivity contribution in [3.8, 4) is 5.69 Å². The van der Waals surface area contributed by atoms with E-state index in [9.17, 15) is 13.6 Å². The summed E-state index contributed by atoms with van der Waals surface area (Å²) in [5, 5.41) is 13.5. The minimum atomic E-state index is -1.02. The SMILES string of the molecule is O=C(NCc1nnnn1-c1ccc(F)c(F)c1)c1ccco1. The maximum absolute atomic E-state index is 13.3. The number of tetrazole rings is 1. The van der Waals surface area contributed by atoms with Gasteiger partial charge in [0.05, 0.1) is 18.5 Å². The molecule has 7 nitrogen and oxygen atoms in total. The van der Waals surface area contributed by atoms with Crippen LogP contribution >= 0.6 is 0 Å². The lowest BCUT2D eigenvalue weighted by Gasteiger charge is -2.05. The van der Waals surface area contributed by atoms with Crippen molar-refractivity contribution < 1.29 is 18.0 Å². The van der Waals surface area contributed by atoms with Crippen molar-refractivity contribution in [1.82, 2.24) is 25.5 Å². The summed E-state index contributed by atoms with van der Waals surface area (Å²) in [5.41, 5.74) is 0.242. The van der Waals surface area contributed by atoms with Crippen LogP contribution in [0, 0.1) is 11.6 Å². The van der Waals surface area contributed by atoms with E-state index in [4.69, 9.17) is 4.42 Å². The zero-order valence-electron chi connectivity index (χ0n) is 11.0. The lowest BCUT2D eigenvalue weighted by atomic mass is 10.3. The number of nitrogens with zero attached hydrogens (tertiary/aromatic N) is 4. The lowest BCUT2D eigenvalue weighted by Crippen LogP contribution is -2.24. The van der Waals surface area contributed by atoms with Crippen LogP contribution in [0.5, 0.6) is 0 Å². The third kappa shape index (κ3) is 2.68. The number of amides is 1. The Labute approximate surface area is 122 Å². The first-order valence-corrected chi connectivity index (χ1v) is 6.19. The lowest BCUT2D eigenvalue weighted by molar-refractivity contribution is 0.0922. The summed E-state index contributed by atoms with van der Waals surface area (Å²) < 4.78 is 32.4. The zero-order valence-corrected chi connectivity index (χ0v) is 11.0. The van der Waals surface area contributed by atoms with Crippen LogP contribution in [0.1, 0.15) is 16.4 Å². The van der Waals surface area contributed by atoms with E-state index in [1.54, 1.807) is 6.07 Å². The quantitative estimate of drug-likeness (QED) is 0.788. The van der Waals surface area contributed by atoms with Crippen LogP contribution in [0.15, 0.2) is 41.0 Å². The average molecular weight is 305 g/mol. The van der Waals surface area contributed by atoms with Gasteiger partial charge in [-0.05, 0) is 34.7 Å². The van der Waals surface area contributed by atoms with Gasteiger partial charge in [-0.2, -0.15) is 4.68 Å². The number of furan rings is 1. The average Bonchev–Trinajstić information content (AvgIpc) is 3.18. The Hall–Kier alpha value is -3.10. The molecule has 0 saturated carbocycles. The Morgan fingerprint density at radius 3 is 2.86 bits per heavy atom. The van der Waals surface area contributed by atoms with E-state index in [2.05, 4.69) is 20.8 Å². The number of hydrogen-bond donors (Lipinski definition) is 1. The molecule has 22 heavy (non-hydrogen) atoms. The molecule has 0 atom stereocenters. The summed E-state index contributed by atoms with van der Waals surface area (Å²) in [6.45, 7) is -0.00840. The van der Waals surface area contributed by atoms with E-state index in [-0.39, 0.29) is 23.8 Å². The summed E-state index contributed by atoms with van der Waals surface area (Å²) in [5.74, 6) is -2.02. The molecule has 1 aromatic carbocycles. The third-order valence-electron chi connectivity index (χ3n) is 2.83. The molecule has 0 spiro atoms. The van der Waals surface area contributed by atoms with Crippen LogP contribution in [-0.4, -0.2) is 26.1 Å². The first-order chi connectivity index (χ1) is 10.6. The molecule has 0 fully saturated rings. The molecule has 0 aliphatic carbocycles. The molecule has 1 amide bonds. The number of aromatic nitrogens is 4. The number of benzene rings is 1. The number of nitrogens with one attached hydrogen (secondary N) is 1. The highest BCUT2D eigenvalue weighted by molar-refractivity contribution is 5.91. The van der Waals surface area contributed by atoms with Crippen molar-refractivity contribution in [1.29, 1.82) is 0 Å². The number of halogens is 2. The first-order valence-electron chi connectivity index (χ1n) is 6.19. The molecule has 2 heterocycles. The Bertz CT molecular complexity index is 801. The molecule has 1 N–H and O–H groups in total. The van der Waals surface area contributed by atoms with Crippen LogP contribution in [0.3, 0.4) is 0 Å². The summed E-state index contributed by atoms with van der Waals surface area (Å²) in [4.78, 5) is 11.8. The van der Waals surface area contributed by atoms with Crippen molar-refractivity contribution in [2.24, 2.45) is 0 Å². The Kier molecular flexibility index (Phi) is 3.60. The van der Waals surface area contributed by atoms with Gasteiger partial charge in [0.25, 0.3) is 5.91 Å². The molecule has 2 aromatic heterocycles. The van der Waals surface area contributed by atoms with Gasteiger partial charge >= 0.3 is 0 Å². The second kappa shape index (κ2) is 5.72. The fourth-order valence-electron chi connectivity index (χ4n) is 1.79. The van der Waals surface area contributed by atoms with Gasteiger partial charge in [0.15, 0.2) is 23.2 Å². The maximum atomic E-state index is 13.3. The van der Waals surface area contributed by atoms with E-state index in [1.807, 2.05) is 0 Å². The van der Waals surface area contributed by atoms with Crippen molar-refractivity contribution >= 4 is 5.91 Å². The molecule has 0 saturated heterocycles. The Balaban J connectivity index is 1.77. The van der Waals surface area contributed by atoms with Gasteiger partial charge in [0.2, 0.25) is 0 Å². The van der Waals surface area contributed by atoms with Gasteiger partial charge in [-0.25, -0.2) is 8.78 Å².